The zero-order valence-electron chi connectivity index (χ0n) is 19.5. The maximum absolute atomic E-state index is 13.3. The predicted octanol–water partition coefficient (Wildman–Crippen LogP) is 4.23. The van der Waals surface area contributed by atoms with Gasteiger partial charge in [-0.2, -0.15) is 13.2 Å². The number of carboxylic acid groups (broad SMARTS) is 1. The lowest BCUT2D eigenvalue weighted by molar-refractivity contribution is -0.192. The van der Waals surface area contributed by atoms with Crippen LogP contribution in [0.1, 0.15) is 17.8 Å². The van der Waals surface area contributed by atoms with E-state index in [2.05, 4.69) is 26.6 Å². The maximum atomic E-state index is 13.3. The summed E-state index contributed by atoms with van der Waals surface area (Å²) in [4.78, 5) is 15.9. The molecule has 1 saturated heterocycles. The smallest absolute Gasteiger partial charge is 0.475 e. The highest BCUT2D eigenvalue weighted by atomic mass is 19.4. The van der Waals surface area contributed by atoms with Crippen LogP contribution in [0.4, 0.5) is 17.6 Å². The molecule has 1 unspecified atom stereocenters. The van der Waals surface area contributed by atoms with Crippen molar-refractivity contribution in [3.05, 3.63) is 65.9 Å². The Kier molecular flexibility index (Phi) is 6.54. The SMILES string of the molecule is Fc1ccc(-c2cnc3n2CC2(CCN(Cc4ccc5c(c4)OCO5)C2)OC3)cc1.O=C(O)C(F)(F)F. The summed E-state index contributed by atoms with van der Waals surface area (Å²) in [5.41, 5.74) is 2.98. The van der Waals surface area contributed by atoms with Crippen LogP contribution >= 0.6 is 0 Å². The van der Waals surface area contributed by atoms with Gasteiger partial charge in [0.25, 0.3) is 0 Å². The highest BCUT2D eigenvalue weighted by Gasteiger charge is 2.43. The minimum atomic E-state index is -5.08. The lowest BCUT2D eigenvalue weighted by Gasteiger charge is -2.35. The highest BCUT2D eigenvalue weighted by molar-refractivity contribution is 5.73. The Balaban J connectivity index is 0.000000355. The number of aliphatic carboxylic acids is 1. The van der Waals surface area contributed by atoms with Crippen LogP contribution in [-0.2, 0) is 29.2 Å². The van der Waals surface area contributed by atoms with E-state index in [1.54, 1.807) is 0 Å². The minimum Gasteiger partial charge on any atom is -0.475 e. The van der Waals surface area contributed by atoms with Crippen molar-refractivity contribution in [2.75, 3.05) is 19.9 Å². The summed E-state index contributed by atoms with van der Waals surface area (Å²) in [5, 5.41) is 7.12. The first kappa shape index (κ1) is 25.0. The van der Waals surface area contributed by atoms with Crippen LogP contribution in [0.15, 0.2) is 48.7 Å². The number of hydrogen-bond acceptors (Lipinski definition) is 6. The van der Waals surface area contributed by atoms with Crippen molar-refractivity contribution in [2.45, 2.75) is 37.9 Å². The van der Waals surface area contributed by atoms with Crippen molar-refractivity contribution in [3.8, 4) is 22.8 Å². The molecule has 1 aromatic heterocycles. The third-order valence-corrected chi connectivity index (χ3v) is 6.51. The van der Waals surface area contributed by atoms with Crippen molar-refractivity contribution in [1.29, 1.82) is 0 Å². The molecule has 196 valence electrons. The van der Waals surface area contributed by atoms with E-state index in [4.69, 9.17) is 24.1 Å². The number of rotatable bonds is 3. The molecule has 4 heterocycles. The normalized spacial score (nSPS) is 20.4. The van der Waals surface area contributed by atoms with E-state index >= 15 is 0 Å². The van der Waals surface area contributed by atoms with E-state index in [9.17, 15) is 17.6 Å². The fraction of sp³-hybridized carbons (Fsp3) is 0.360. The van der Waals surface area contributed by atoms with E-state index < -0.39 is 12.1 Å². The summed E-state index contributed by atoms with van der Waals surface area (Å²) in [7, 11) is 0. The molecule has 3 aliphatic rings. The second-order valence-corrected chi connectivity index (χ2v) is 9.08. The quantitative estimate of drug-likeness (QED) is 0.517. The average Bonchev–Trinajstić information content (AvgIpc) is 3.58. The Hall–Kier alpha value is -3.64. The number of aromatic nitrogens is 2. The Bertz CT molecular complexity index is 1290. The molecule has 0 saturated carbocycles. The van der Waals surface area contributed by atoms with Crippen LogP contribution in [0, 0.1) is 5.82 Å². The van der Waals surface area contributed by atoms with Crippen LogP contribution in [-0.4, -0.2) is 57.2 Å². The lowest BCUT2D eigenvalue weighted by atomic mass is 10.0. The Morgan fingerprint density at radius 3 is 2.54 bits per heavy atom. The first-order valence-electron chi connectivity index (χ1n) is 11.5. The molecule has 0 bridgehead atoms. The van der Waals surface area contributed by atoms with E-state index in [1.165, 1.54) is 17.7 Å². The van der Waals surface area contributed by atoms with E-state index in [0.29, 0.717) is 13.4 Å². The number of hydrogen-bond donors (Lipinski definition) is 1. The standard InChI is InChI=1S/C23H22FN3O3.C2HF3O2/c24-18-4-2-17(3-5-18)19-10-25-22-12-30-23(14-27(19)22)7-8-26(13-23)11-16-1-6-20-21(9-16)29-15-28-20;3-2(4,5)1(6)7/h1-6,9-10H,7-8,11-15H2;(H,6,7). The molecule has 1 atom stereocenters. The summed E-state index contributed by atoms with van der Waals surface area (Å²) in [6, 6.07) is 12.7. The molecule has 12 heteroatoms. The molecule has 3 aromatic rings. The number of nitrogens with zero attached hydrogens (tertiary/aromatic N) is 3. The first-order valence-corrected chi connectivity index (χ1v) is 11.5. The summed E-state index contributed by atoms with van der Waals surface area (Å²) < 4.78 is 64.6. The first-order chi connectivity index (χ1) is 17.6. The average molecular weight is 521 g/mol. The molecule has 8 nitrogen and oxygen atoms in total. The number of alkyl halides is 3. The molecule has 0 radical (unpaired) electrons. The monoisotopic (exact) mass is 521 g/mol. The summed E-state index contributed by atoms with van der Waals surface area (Å²) >= 11 is 0. The largest absolute Gasteiger partial charge is 0.490 e. The molecular formula is C25H23F4N3O5. The highest BCUT2D eigenvalue weighted by Crippen LogP contribution is 2.37. The molecule has 0 aliphatic carbocycles. The van der Waals surface area contributed by atoms with Gasteiger partial charge in [-0.1, -0.05) is 6.07 Å². The third kappa shape index (κ3) is 5.39. The Morgan fingerprint density at radius 1 is 1.08 bits per heavy atom. The van der Waals surface area contributed by atoms with Crippen molar-refractivity contribution >= 4 is 5.97 Å². The second-order valence-electron chi connectivity index (χ2n) is 9.08. The van der Waals surface area contributed by atoms with E-state index in [1.807, 2.05) is 24.4 Å². The molecule has 1 spiro atoms. The third-order valence-electron chi connectivity index (χ3n) is 6.51. The topological polar surface area (TPSA) is 86.0 Å². The summed E-state index contributed by atoms with van der Waals surface area (Å²) in [6.45, 7) is 4.24. The van der Waals surface area contributed by atoms with Crippen molar-refractivity contribution < 1.29 is 41.7 Å². The molecule has 6 rings (SSSR count). The number of fused-ring (bicyclic) bond motifs is 2. The van der Waals surface area contributed by atoms with Crippen LogP contribution in [0.2, 0.25) is 0 Å². The number of ether oxygens (including phenoxy) is 3. The number of imidazole rings is 1. The van der Waals surface area contributed by atoms with Crippen LogP contribution in [0.25, 0.3) is 11.3 Å². The zero-order chi connectivity index (χ0) is 26.2. The maximum Gasteiger partial charge on any atom is 0.490 e. The van der Waals surface area contributed by atoms with Crippen LogP contribution in [0.3, 0.4) is 0 Å². The van der Waals surface area contributed by atoms with Crippen LogP contribution < -0.4 is 9.47 Å². The van der Waals surface area contributed by atoms with Gasteiger partial charge >= 0.3 is 12.1 Å². The van der Waals surface area contributed by atoms with Gasteiger partial charge in [0.1, 0.15) is 23.8 Å². The molecule has 3 aliphatic heterocycles. The fourth-order valence-corrected chi connectivity index (χ4v) is 4.71. The van der Waals surface area contributed by atoms with E-state index in [0.717, 1.165) is 61.2 Å². The molecule has 37 heavy (non-hydrogen) atoms. The van der Waals surface area contributed by atoms with Gasteiger partial charge in [0.05, 0.1) is 18.4 Å². The van der Waals surface area contributed by atoms with Gasteiger partial charge in [0.2, 0.25) is 6.79 Å². The van der Waals surface area contributed by atoms with Gasteiger partial charge in [0.15, 0.2) is 11.5 Å². The van der Waals surface area contributed by atoms with Gasteiger partial charge in [-0.05, 0) is 53.9 Å². The minimum absolute atomic E-state index is 0.223. The van der Waals surface area contributed by atoms with Crippen molar-refractivity contribution in [2.24, 2.45) is 0 Å². The summed E-state index contributed by atoms with van der Waals surface area (Å²) in [5.74, 6) is -0.427. The fourth-order valence-electron chi connectivity index (χ4n) is 4.71. The molecular weight excluding hydrogens is 498 g/mol. The zero-order valence-corrected chi connectivity index (χ0v) is 19.5. The van der Waals surface area contributed by atoms with Gasteiger partial charge in [0, 0.05) is 19.6 Å². The Morgan fingerprint density at radius 2 is 1.81 bits per heavy atom. The number of carboxylic acids is 1. The Labute approximate surface area is 209 Å². The van der Waals surface area contributed by atoms with Gasteiger partial charge < -0.3 is 23.9 Å². The number of likely N-dealkylation sites (tertiary alicyclic amines) is 1. The predicted molar refractivity (Wildman–Crippen MR) is 121 cm³/mol. The number of carbonyl (C=O) groups is 1. The van der Waals surface area contributed by atoms with E-state index in [-0.39, 0.29) is 11.4 Å². The van der Waals surface area contributed by atoms with Crippen molar-refractivity contribution in [3.63, 3.8) is 0 Å². The van der Waals surface area contributed by atoms with Gasteiger partial charge in [-0.3, -0.25) is 4.90 Å². The van der Waals surface area contributed by atoms with Gasteiger partial charge in [-0.25, -0.2) is 14.2 Å². The summed E-state index contributed by atoms with van der Waals surface area (Å²) in [6.07, 6.45) is -2.25. The molecule has 0 amide bonds. The van der Waals surface area contributed by atoms with Crippen molar-refractivity contribution in [1.82, 2.24) is 14.5 Å². The molecule has 2 aromatic carbocycles. The number of benzene rings is 2. The molecule has 1 N–H and O–H groups in total. The number of halogens is 4. The van der Waals surface area contributed by atoms with Crippen LogP contribution in [0.5, 0.6) is 11.5 Å². The lowest BCUT2D eigenvalue weighted by Crippen LogP contribution is -2.44. The molecule has 1 fully saturated rings. The second kappa shape index (κ2) is 9.67. The van der Waals surface area contributed by atoms with Gasteiger partial charge in [-0.15, -0.1) is 0 Å².